The summed E-state index contributed by atoms with van der Waals surface area (Å²) < 4.78 is 1.25. The summed E-state index contributed by atoms with van der Waals surface area (Å²) in [6.45, 7) is 13.6. The number of hydrogen-bond acceptors (Lipinski definition) is 0. The second-order valence-corrected chi connectivity index (χ2v) is 10.9. The zero-order valence-electron chi connectivity index (χ0n) is 23.7. The Morgan fingerprint density at radius 3 is 1.24 bits per heavy atom. The first kappa shape index (κ1) is 35.2. The molecule has 2 heteroatoms. The molecule has 0 saturated heterocycles. The first-order valence-electron chi connectivity index (χ1n) is 15.1. The van der Waals surface area contributed by atoms with E-state index in [1.807, 2.05) is 0 Å². The van der Waals surface area contributed by atoms with Gasteiger partial charge in [0.25, 0.3) is 0 Å². The van der Waals surface area contributed by atoms with Crippen molar-refractivity contribution in [3.63, 3.8) is 0 Å². The first-order chi connectivity index (χ1) is 15.6. The summed E-state index contributed by atoms with van der Waals surface area (Å²) in [5.41, 5.74) is 0. The number of halogens is 1. The van der Waals surface area contributed by atoms with Crippen LogP contribution >= 0.6 is 0 Å². The maximum absolute atomic E-state index is 4.16. The molecule has 0 fully saturated rings. The normalized spacial score (nSPS) is 13.1. The van der Waals surface area contributed by atoms with Crippen molar-refractivity contribution in [2.45, 2.75) is 168 Å². The lowest BCUT2D eigenvalue weighted by Gasteiger charge is -2.42. The fourth-order valence-corrected chi connectivity index (χ4v) is 5.41. The number of hydrogen-bond donors (Lipinski definition) is 0. The molecule has 0 aliphatic rings. The van der Waals surface area contributed by atoms with E-state index in [0.717, 1.165) is 12.6 Å². The van der Waals surface area contributed by atoms with Crippen LogP contribution in [-0.2, 0) is 0 Å². The van der Waals surface area contributed by atoms with Gasteiger partial charge in [0.15, 0.2) is 0 Å². The summed E-state index contributed by atoms with van der Waals surface area (Å²) in [7, 11) is 2.56. The Morgan fingerprint density at radius 1 is 0.545 bits per heavy atom. The number of likely N-dealkylation sites (N-methyl/N-ethyl adjacent to an activating group) is 1. The van der Waals surface area contributed by atoms with E-state index in [0.29, 0.717) is 0 Å². The van der Waals surface area contributed by atoms with Crippen molar-refractivity contribution in [1.82, 2.24) is 0 Å². The number of quaternary nitrogens is 1. The predicted octanol–water partition coefficient (Wildman–Crippen LogP) is 7.63. The molecule has 200 valence electrons. The van der Waals surface area contributed by atoms with Gasteiger partial charge < -0.3 is 16.9 Å². The maximum atomic E-state index is 4.16. The van der Waals surface area contributed by atoms with E-state index in [4.69, 9.17) is 0 Å². The second kappa shape index (κ2) is 26.6. The Bertz CT molecular complexity index is 367. The van der Waals surface area contributed by atoms with Crippen molar-refractivity contribution in [3.05, 3.63) is 12.7 Å². The Balaban J connectivity index is 0. The minimum atomic E-state index is 0. The molecule has 1 atom stereocenters. The second-order valence-electron chi connectivity index (χ2n) is 10.9. The Labute approximate surface area is 217 Å². The maximum Gasteiger partial charge on any atom is 0.0971 e. The summed E-state index contributed by atoms with van der Waals surface area (Å²) in [6, 6.07) is 0.843. The molecule has 0 rings (SSSR count). The van der Waals surface area contributed by atoms with Gasteiger partial charge in [0.2, 0.25) is 0 Å². The van der Waals surface area contributed by atoms with Crippen LogP contribution in [0.4, 0.5) is 0 Å². The Hall–Kier alpha value is -0.0100. The zero-order chi connectivity index (χ0) is 23.8. The van der Waals surface area contributed by atoms with Crippen LogP contribution < -0.4 is 12.4 Å². The van der Waals surface area contributed by atoms with Crippen LogP contribution in [0.5, 0.6) is 0 Å². The van der Waals surface area contributed by atoms with E-state index in [1.54, 1.807) is 0 Å². The molecule has 0 aromatic heterocycles. The molecular weight excluding hydrogens is 422 g/mol. The average Bonchev–Trinajstić information content (AvgIpc) is 2.79. The lowest BCUT2D eigenvalue weighted by atomic mass is 9.96. The summed E-state index contributed by atoms with van der Waals surface area (Å²) >= 11 is 0. The molecule has 0 aromatic carbocycles. The van der Waals surface area contributed by atoms with Gasteiger partial charge in [-0.05, 0) is 44.6 Å². The molecule has 0 aromatic rings. The highest BCUT2D eigenvalue weighted by atomic mass is 35.5. The minimum Gasteiger partial charge on any atom is -1.00 e. The molecule has 0 spiro atoms. The van der Waals surface area contributed by atoms with Gasteiger partial charge in [-0.25, -0.2) is 0 Å². The van der Waals surface area contributed by atoms with Crippen LogP contribution in [0.1, 0.15) is 162 Å². The van der Waals surface area contributed by atoms with E-state index in [1.165, 1.54) is 152 Å². The van der Waals surface area contributed by atoms with E-state index < -0.39 is 0 Å². The standard InChI is InChI=1S/C31H64N.ClH/c1-6-10-13-16-19-20-23-26-30-32(5,29-9-4)31(27-24-21-17-14-11-7-2)28-25-22-18-15-12-8-3;/h9,31H,4,6-8,10-30H2,1-3,5H3;1H/q+1;/p-1. The van der Waals surface area contributed by atoms with Crippen molar-refractivity contribution in [3.8, 4) is 0 Å². The van der Waals surface area contributed by atoms with Gasteiger partial charge in [0.1, 0.15) is 0 Å². The molecule has 33 heavy (non-hydrogen) atoms. The van der Waals surface area contributed by atoms with Crippen molar-refractivity contribution in [1.29, 1.82) is 0 Å². The zero-order valence-corrected chi connectivity index (χ0v) is 24.4. The highest BCUT2D eigenvalue weighted by Gasteiger charge is 2.30. The smallest absolute Gasteiger partial charge is 0.0971 e. The molecule has 0 saturated carbocycles. The van der Waals surface area contributed by atoms with E-state index >= 15 is 0 Å². The number of rotatable bonds is 26. The van der Waals surface area contributed by atoms with Crippen molar-refractivity contribution >= 4 is 0 Å². The van der Waals surface area contributed by atoms with E-state index in [9.17, 15) is 0 Å². The molecule has 1 unspecified atom stereocenters. The van der Waals surface area contributed by atoms with Crippen molar-refractivity contribution in [2.75, 3.05) is 20.1 Å². The van der Waals surface area contributed by atoms with Gasteiger partial charge in [-0.15, -0.1) is 0 Å². The molecule has 0 N–H and O–H groups in total. The third-order valence-corrected chi connectivity index (χ3v) is 7.73. The minimum absolute atomic E-state index is 0. The lowest BCUT2D eigenvalue weighted by Crippen LogP contribution is -3.00. The van der Waals surface area contributed by atoms with Gasteiger partial charge >= 0.3 is 0 Å². The predicted molar refractivity (Wildman–Crippen MR) is 148 cm³/mol. The Morgan fingerprint density at radius 2 is 0.879 bits per heavy atom. The van der Waals surface area contributed by atoms with E-state index in [-0.39, 0.29) is 12.4 Å². The van der Waals surface area contributed by atoms with Crippen LogP contribution in [0.25, 0.3) is 0 Å². The van der Waals surface area contributed by atoms with Crippen molar-refractivity contribution in [2.24, 2.45) is 0 Å². The molecule has 0 aliphatic heterocycles. The molecular formula is C31H64ClN. The Kier molecular flexibility index (Phi) is 28.3. The molecule has 0 bridgehead atoms. The van der Waals surface area contributed by atoms with Gasteiger partial charge in [-0.3, -0.25) is 0 Å². The first-order valence-corrected chi connectivity index (χ1v) is 15.1. The number of nitrogens with zero attached hydrogens (tertiary/aromatic N) is 1. The largest absolute Gasteiger partial charge is 1.00 e. The quantitative estimate of drug-likeness (QED) is 0.0670. The van der Waals surface area contributed by atoms with Crippen LogP contribution in [-0.4, -0.2) is 30.7 Å². The summed E-state index contributed by atoms with van der Waals surface area (Å²) in [5.74, 6) is 0. The molecule has 1 nitrogen and oxygen atoms in total. The van der Waals surface area contributed by atoms with Gasteiger partial charge in [-0.1, -0.05) is 130 Å². The molecule has 0 heterocycles. The van der Waals surface area contributed by atoms with Crippen LogP contribution in [0.3, 0.4) is 0 Å². The highest BCUT2D eigenvalue weighted by molar-refractivity contribution is 4.70. The highest BCUT2D eigenvalue weighted by Crippen LogP contribution is 2.25. The van der Waals surface area contributed by atoms with Crippen LogP contribution in [0.15, 0.2) is 12.7 Å². The van der Waals surface area contributed by atoms with Gasteiger partial charge in [0.05, 0.1) is 26.2 Å². The fourth-order valence-electron chi connectivity index (χ4n) is 5.41. The summed E-state index contributed by atoms with van der Waals surface area (Å²) in [5, 5.41) is 0. The van der Waals surface area contributed by atoms with Gasteiger partial charge in [0, 0.05) is 0 Å². The average molecular weight is 486 g/mol. The van der Waals surface area contributed by atoms with Crippen LogP contribution in [0, 0.1) is 0 Å². The SMILES string of the molecule is C=CC[N+](C)(CCCCCCCCCC)C(CCCCCCCC)CCCCCCCC.[Cl-]. The third-order valence-electron chi connectivity index (χ3n) is 7.73. The lowest BCUT2D eigenvalue weighted by molar-refractivity contribution is -0.929. The number of unbranched alkanes of at least 4 members (excludes halogenated alkanes) is 17. The fraction of sp³-hybridized carbons (Fsp3) is 0.935. The molecule has 0 aliphatic carbocycles. The topological polar surface area (TPSA) is 0 Å². The molecule has 0 amide bonds. The summed E-state index contributed by atoms with van der Waals surface area (Å²) in [6.07, 6.45) is 33.6. The van der Waals surface area contributed by atoms with E-state index in [2.05, 4.69) is 40.5 Å². The third kappa shape index (κ3) is 21.0. The molecule has 0 radical (unpaired) electrons. The monoisotopic (exact) mass is 485 g/mol. The summed E-state index contributed by atoms with van der Waals surface area (Å²) in [4.78, 5) is 0. The van der Waals surface area contributed by atoms with Crippen LogP contribution in [0.2, 0.25) is 0 Å². The van der Waals surface area contributed by atoms with Crippen molar-refractivity contribution < 1.29 is 16.9 Å². The van der Waals surface area contributed by atoms with Gasteiger partial charge in [-0.2, -0.15) is 0 Å².